The molecule has 0 N–H and O–H groups in total. The van der Waals surface area contributed by atoms with E-state index < -0.39 is 0 Å². The summed E-state index contributed by atoms with van der Waals surface area (Å²) in [7, 11) is 0.368. The number of hydrogen-bond acceptors (Lipinski definition) is 2. The van der Waals surface area contributed by atoms with E-state index in [1.165, 1.54) is 11.1 Å². The van der Waals surface area contributed by atoms with Gasteiger partial charge in [-0.3, -0.25) is 0 Å². The molecular weight excluding hydrogens is 179 g/mol. The molecule has 0 amide bonds. The Labute approximate surface area is 79.3 Å². The number of hydrogen-bond donors (Lipinski definition) is 0. The third kappa shape index (κ3) is 1.63. The highest BCUT2D eigenvalue weighted by molar-refractivity contribution is 7.20. The van der Waals surface area contributed by atoms with Crippen LogP contribution in [-0.2, 0) is 0 Å². The molecule has 1 aromatic carbocycles. The van der Waals surface area contributed by atoms with Gasteiger partial charge in [-0.25, -0.2) is 9.49 Å². The minimum absolute atomic E-state index is 0.368. The molecule has 1 aromatic heterocycles. The second-order valence-corrected chi connectivity index (χ2v) is 3.77. The molecule has 0 aliphatic carbocycles. The summed E-state index contributed by atoms with van der Waals surface area (Å²) in [6.45, 7) is 4.10. The van der Waals surface area contributed by atoms with Crippen LogP contribution >= 0.6 is 8.51 Å². The number of rotatable bonds is 1. The predicted molar refractivity (Wildman–Crippen MR) is 56.4 cm³/mol. The monoisotopic (exact) mass is 190 g/mol. The van der Waals surface area contributed by atoms with Crippen LogP contribution in [-0.4, -0.2) is 9.49 Å². The maximum atomic E-state index is 4.36. The van der Waals surface area contributed by atoms with E-state index in [1.807, 2.05) is 6.92 Å². The highest BCUT2D eigenvalue weighted by Crippen LogP contribution is 2.22. The van der Waals surface area contributed by atoms with Gasteiger partial charge in [-0.05, 0) is 13.8 Å². The lowest BCUT2D eigenvalue weighted by atomic mass is 10.1. The van der Waals surface area contributed by atoms with Crippen molar-refractivity contribution in [3.8, 4) is 11.3 Å². The highest BCUT2D eigenvalue weighted by Gasteiger charge is 2.03. The maximum absolute atomic E-state index is 4.36. The summed E-state index contributed by atoms with van der Waals surface area (Å²) in [5.41, 5.74) is 4.57. The van der Waals surface area contributed by atoms with Crippen molar-refractivity contribution in [1.29, 1.82) is 0 Å². The lowest BCUT2D eigenvalue weighted by Crippen LogP contribution is -1.81. The molecule has 0 saturated heterocycles. The molecular formula is C10H11N2P. The summed E-state index contributed by atoms with van der Waals surface area (Å²) < 4.78 is 8.61. The third-order valence-electron chi connectivity index (χ3n) is 2.05. The molecule has 0 bridgehead atoms. The minimum Gasteiger partial charge on any atom is -0.224 e. The van der Waals surface area contributed by atoms with Gasteiger partial charge in [-0.2, -0.15) is 0 Å². The number of aromatic nitrogens is 2. The summed E-state index contributed by atoms with van der Waals surface area (Å²) in [6, 6.07) is 8.41. The van der Waals surface area contributed by atoms with Crippen molar-refractivity contribution in [3.63, 3.8) is 0 Å². The van der Waals surface area contributed by atoms with Gasteiger partial charge in [0.15, 0.2) is 0 Å². The van der Waals surface area contributed by atoms with Gasteiger partial charge in [0.25, 0.3) is 0 Å². The predicted octanol–water partition coefficient (Wildman–Crippen LogP) is 2.79. The van der Waals surface area contributed by atoms with Crippen LogP contribution in [0, 0.1) is 13.8 Å². The Morgan fingerprint density at radius 3 is 2.23 bits per heavy atom. The van der Waals surface area contributed by atoms with Crippen LogP contribution in [0.2, 0.25) is 0 Å². The molecule has 1 heterocycles. The van der Waals surface area contributed by atoms with Crippen molar-refractivity contribution in [2.75, 3.05) is 0 Å². The molecule has 0 aliphatic heterocycles. The maximum Gasteiger partial charge on any atom is 0.0973 e. The van der Waals surface area contributed by atoms with Gasteiger partial charge in [0, 0.05) is 5.56 Å². The van der Waals surface area contributed by atoms with E-state index in [0.717, 1.165) is 11.4 Å². The molecule has 0 spiro atoms. The molecule has 66 valence electrons. The molecule has 3 heteroatoms. The Balaban J connectivity index is 2.47. The van der Waals surface area contributed by atoms with Gasteiger partial charge < -0.3 is 0 Å². The highest BCUT2D eigenvalue weighted by atomic mass is 31.1. The summed E-state index contributed by atoms with van der Waals surface area (Å²) in [6.07, 6.45) is 0. The summed E-state index contributed by atoms with van der Waals surface area (Å²) in [5.74, 6) is 0. The average Bonchev–Trinajstić information content (AvgIpc) is 2.53. The molecule has 0 radical (unpaired) electrons. The zero-order valence-electron chi connectivity index (χ0n) is 7.70. The zero-order chi connectivity index (χ0) is 9.26. The quantitative estimate of drug-likeness (QED) is 0.691. The van der Waals surface area contributed by atoms with Crippen molar-refractivity contribution in [2.45, 2.75) is 13.8 Å². The molecule has 0 aliphatic rings. The number of benzene rings is 1. The molecule has 1 atom stereocenters. The Morgan fingerprint density at radius 2 is 1.69 bits per heavy atom. The van der Waals surface area contributed by atoms with Gasteiger partial charge in [0.05, 0.1) is 19.9 Å². The lowest BCUT2D eigenvalue weighted by Gasteiger charge is -1.98. The fraction of sp³-hybridized carbons (Fsp3) is 0.200. The topological polar surface area (TPSA) is 25.8 Å². The fourth-order valence-corrected chi connectivity index (χ4v) is 1.97. The van der Waals surface area contributed by atoms with E-state index in [-0.39, 0.29) is 0 Å². The molecule has 0 fully saturated rings. The second kappa shape index (κ2) is 3.31. The van der Waals surface area contributed by atoms with Crippen LogP contribution in [0.1, 0.15) is 11.3 Å². The summed E-state index contributed by atoms with van der Waals surface area (Å²) in [5, 5.41) is 0. The third-order valence-corrected chi connectivity index (χ3v) is 2.81. The normalized spacial score (nSPS) is 10.9. The van der Waals surface area contributed by atoms with Crippen molar-refractivity contribution < 1.29 is 0 Å². The van der Waals surface area contributed by atoms with Crippen LogP contribution in [0.5, 0.6) is 0 Å². The van der Waals surface area contributed by atoms with Gasteiger partial charge in [-0.1, -0.05) is 29.8 Å². The standard InChI is InChI=1S/C10H11N2P/c1-7-3-5-9(6-4-7)10-8(2)11-13-12-10/h3-6,13H,1-2H3. The van der Waals surface area contributed by atoms with E-state index >= 15 is 0 Å². The van der Waals surface area contributed by atoms with E-state index in [9.17, 15) is 0 Å². The Morgan fingerprint density at radius 1 is 1.00 bits per heavy atom. The SMILES string of the molecule is Cc1ccc(-c2n[pH]nc2C)cc1. The molecule has 2 nitrogen and oxygen atoms in total. The lowest BCUT2D eigenvalue weighted by molar-refractivity contribution is 1.32. The number of aryl methyl sites for hydroxylation is 2. The van der Waals surface area contributed by atoms with Crippen molar-refractivity contribution in [3.05, 3.63) is 35.5 Å². The van der Waals surface area contributed by atoms with Gasteiger partial charge in [0.1, 0.15) is 0 Å². The first-order valence-corrected chi connectivity index (χ1v) is 5.11. The van der Waals surface area contributed by atoms with Crippen LogP contribution in [0.3, 0.4) is 0 Å². The first-order chi connectivity index (χ1) is 6.27. The minimum atomic E-state index is 0.368. The smallest absolute Gasteiger partial charge is 0.0973 e. The van der Waals surface area contributed by atoms with Gasteiger partial charge in [0.2, 0.25) is 0 Å². The average molecular weight is 190 g/mol. The van der Waals surface area contributed by atoms with E-state index in [0.29, 0.717) is 8.51 Å². The molecule has 13 heavy (non-hydrogen) atoms. The van der Waals surface area contributed by atoms with Crippen LogP contribution in [0.25, 0.3) is 11.3 Å². The fourth-order valence-electron chi connectivity index (χ4n) is 1.27. The van der Waals surface area contributed by atoms with Gasteiger partial charge in [-0.15, -0.1) is 0 Å². The van der Waals surface area contributed by atoms with Crippen LogP contribution < -0.4 is 0 Å². The van der Waals surface area contributed by atoms with E-state index in [1.54, 1.807) is 0 Å². The van der Waals surface area contributed by atoms with E-state index in [4.69, 9.17) is 0 Å². The Hall–Kier alpha value is -1.14. The van der Waals surface area contributed by atoms with Crippen molar-refractivity contribution >= 4 is 8.51 Å². The molecule has 2 aromatic rings. The first kappa shape index (κ1) is 8.46. The van der Waals surface area contributed by atoms with Gasteiger partial charge >= 0.3 is 0 Å². The van der Waals surface area contributed by atoms with E-state index in [2.05, 4.69) is 40.7 Å². The molecule has 2 rings (SSSR count). The first-order valence-electron chi connectivity index (χ1n) is 4.22. The summed E-state index contributed by atoms with van der Waals surface area (Å²) >= 11 is 0. The second-order valence-electron chi connectivity index (χ2n) is 3.12. The Bertz CT molecular complexity index is 403. The zero-order valence-corrected chi connectivity index (χ0v) is 8.70. The largest absolute Gasteiger partial charge is 0.224 e. The molecule has 1 unspecified atom stereocenters. The Kier molecular flexibility index (Phi) is 2.15. The van der Waals surface area contributed by atoms with Crippen molar-refractivity contribution in [2.24, 2.45) is 0 Å². The number of nitrogens with zero attached hydrogens (tertiary/aromatic N) is 2. The van der Waals surface area contributed by atoms with Crippen LogP contribution in [0.15, 0.2) is 24.3 Å². The molecule has 0 saturated carbocycles. The van der Waals surface area contributed by atoms with Crippen LogP contribution in [0.4, 0.5) is 0 Å². The van der Waals surface area contributed by atoms with Crippen molar-refractivity contribution in [1.82, 2.24) is 9.49 Å². The summed E-state index contributed by atoms with van der Waals surface area (Å²) in [4.78, 5) is 0.